The van der Waals surface area contributed by atoms with Gasteiger partial charge in [0, 0.05) is 30.3 Å². The SMILES string of the molecule is Cc1cc(Cl)cc(C(=O)Nc2ncc3n2CCNC3)c1N. The molecule has 0 radical (unpaired) electrons. The fourth-order valence-corrected chi connectivity index (χ4v) is 2.69. The first-order chi connectivity index (χ1) is 10.1. The lowest BCUT2D eigenvalue weighted by molar-refractivity contribution is 0.102. The Morgan fingerprint density at radius 3 is 3.14 bits per heavy atom. The number of rotatable bonds is 2. The minimum absolute atomic E-state index is 0.301. The molecule has 1 aromatic heterocycles. The lowest BCUT2D eigenvalue weighted by atomic mass is 10.1. The summed E-state index contributed by atoms with van der Waals surface area (Å²) < 4.78 is 1.99. The molecule has 0 saturated heterocycles. The molecule has 3 rings (SSSR count). The lowest BCUT2D eigenvalue weighted by Gasteiger charge is -2.18. The van der Waals surface area contributed by atoms with E-state index in [4.69, 9.17) is 17.3 Å². The van der Waals surface area contributed by atoms with Crippen LogP contribution in [0.15, 0.2) is 18.3 Å². The van der Waals surface area contributed by atoms with Gasteiger partial charge in [0.1, 0.15) is 0 Å². The Morgan fingerprint density at radius 1 is 1.52 bits per heavy atom. The first-order valence-corrected chi connectivity index (χ1v) is 7.06. The number of fused-ring (bicyclic) bond motifs is 1. The van der Waals surface area contributed by atoms with Crippen LogP contribution in [0.25, 0.3) is 0 Å². The van der Waals surface area contributed by atoms with Gasteiger partial charge >= 0.3 is 0 Å². The molecule has 0 bridgehead atoms. The summed E-state index contributed by atoms with van der Waals surface area (Å²) >= 11 is 6.00. The Bertz CT molecular complexity index is 710. The number of aryl methyl sites for hydroxylation is 1. The normalized spacial score (nSPS) is 13.8. The molecule has 2 aromatic rings. The molecular weight excluding hydrogens is 290 g/mol. The topological polar surface area (TPSA) is 85.0 Å². The molecule has 7 heteroatoms. The molecule has 0 atom stereocenters. The van der Waals surface area contributed by atoms with Crippen LogP contribution < -0.4 is 16.4 Å². The molecular formula is C14H16ClN5O. The Morgan fingerprint density at radius 2 is 2.33 bits per heavy atom. The highest BCUT2D eigenvalue weighted by Crippen LogP contribution is 2.24. The predicted octanol–water partition coefficient (Wildman–Crippen LogP) is 1.78. The third-order valence-electron chi connectivity index (χ3n) is 3.58. The first-order valence-electron chi connectivity index (χ1n) is 6.68. The predicted molar refractivity (Wildman–Crippen MR) is 82.5 cm³/mol. The second-order valence-corrected chi connectivity index (χ2v) is 5.48. The van der Waals surface area contributed by atoms with Gasteiger partial charge in [0.25, 0.3) is 5.91 Å². The number of nitrogens with one attached hydrogen (secondary N) is 2. The highest BCUT2D eigenvalue weighted by atomic mass is 35.5. The van der Waals surface area contributed by atoms with E-state index in [-0.39, 0.29) is 5.91 Å². The Kier molecular flexibility index (Phi) is 3.57. The van der Waals surface area contributed by atoms with E-state index in [1.807, 2.05) is 11.5 Å². The van der Waals surface area contributed by atoms with Gasteiger partial charge in [-0.3, -0.25) is 10.1 Å². The van der Waals surface area contributed by atoms with E-state index in [9.17, 15) is 4.79 Å². The van der Waals surface area contributed by atoms with Crippen LogP contribution in [0.4, 0.5) is 11.6 Å². The smallest absolute Gasteiger partial charge is 0.260 e. The number of benzene rings is 1. The molecule has 0 saturated carbocycles. The second-order valence-electron chi connectivity index (χ2n) is 5.04. The van der Waals surface area contributed by atoms with Gasteiger partial charge in [0.05, 0.1) is 17.5 Å². The molecule has 2 heterocycles. The number of carbonyl (C=O) groups is 1. The van der Waals surface area contributed by atoms with E-state index in [2.05, 4.69) is 15.6 Å². The zero-order chi connectivity index (χ0) is 15.0. The van der Waals surface area contributed by atoms with Crippen molar-refractivity contribution in [1.29, 1.82) is 0 Å². The number of hydrogen-bond donors (Lipinski definition) is 3. The number of imidazole rings is 1. The number of halogens is 1. The first kappa shape index (κ1) is 13.9. The van der Waals surface area contributed by atoms with Crippen LogP contribution >= 0.6 is 11.6 Å². The summed E-state index contributed by atoms with van der Waals surface area (Å²) in [5.41, 5.74) is 8.59. The second kappa shape index (κ2) is 5.38. The van der Waals surface area contributed by atoms with E-state index in [0.29, 0.717) is 22.2 Å². The third-order valence-corrected chi connectivity index (χ3v) is 3.80. The third kappa shape index (κ3) is 2.59. The van der Waals surface area contributed by atoms with Crippen LogP contribution in [-0.4, -0.2) is 22.0 Å². The highest BCUT2D eigenvalue weighted by Gasteiger charge is 2.18. The van der Waals surface area contributed by atoms with Gasteiger partial charge in [-0.25, -0.2) is 4.98 Å². The summed E-state index contributed by atoms with van der Waals surface area (Å²) in [5, 5.41) is 6.55. The van der Waals surface area contributed by atoms with Gasteiger partial charge in [-0.15, -0.1) is 0 Å². The summed E-state index contributed by atoms with van der Waals surface area (Å²) in [7, 11) is 0. The van der Waals surface area contributed by atoms with E-state index in [1.165, 1.54) is 0 Å². The maximum Gasteiger partial charge on any atom is 0.260 e. The standard InChI is InChI=1S/C14H16ClN5O/c1-8-4-9(15)5-11(12(8)16)13(21)19-14-18-7-10-6-17-2-3-20(10)14/h4-5,7,17H,2-3,6,16H2,1H3,(H,18,19,21). The van der Waals surface area contributed by atoms with Crippen LogP contribution in [0.1, 0.15) is 21.6 Å². The molecule has 1 aliphatic heterocycles. The van der Waals surface area contributed by atoms with Crippen molar-refractivity contribution in [2.24, 2.45) is 0 Å². The summed E-state index contributed by atoms with van der Waals surface area (Å²) in [6, 6.07) is 3.30. The Hall–Kier alpha value is -2.05. The molecule has 0 aliphatic carbocycles. The number of aromatic nitrogens is 2. The van der Waals surface area contributed by atoms with Gasteiger partial charge in [0.2, 0.25) is 5.95 Å². The zero-order valence-electron chi connectivity index (χ0n) is 11.6. The summed E-state index contributed by atoms with van der Waals surface area (Å²) in [6.45, 7) is 4.20. The number of anilines is 2. The molecule has 0 fully saturated rings. The zero-order valence-corrected chi connectivity index (χ0v) is 12.4. The lowest BCUT2D eigenvalue weighted by Crippen LogP contribution is -2.29. The van der Waals surface area contributed by atoms with Crippen molar-refractivity contribution in [1.82, 2.24) is 14.9 Å². The van der Waals surface area contributed by atoms with Crippen LogP contribution in [0.2, 0.25) is 5.02 Å². The molecule has 0 unspecified atom stereocenters. The van der Waals surface area contributed by atoms with E-state index >= 15 is 0 Å². The average molecular weight is 306 g/mol. The maximum atomic E-state index is 12.4. The van der Waals surface area contributed by atoms with Crippen molar-refractivity contribution < 1.29 is 4.79 Å². The summed E-state index contributed by atoms with van der Waals surface area (Å²) in [5.74, 6) is 0.235. The fraction of sp³-hybridized carbons (Fsp3) is 0.286. The van der Waals surface area contributed by atoms with Crippen molar-refractivity contribution in [3.8, 4) is 0 Å². The number of nitrogens with zero attached hydrogens (tertiary/aromatic N) is 2. The van der Waals surface area contributed by atoms with Crippen LogP contribution in [0, 0.1) is 6.92 Å². The van der Waals surface area contributed by atoms with Gasteiger partial charge in [-0.1, -0.05) is 11.6 Å². The van der Waals surface area contributed by atoms with Crippen LogP contribution in [-0.2, 0) is 13.1 Å². The number of nitrogens with two attached hydrogens (primary N) is 1. The van der Waals surface area contributed by atoms with Gasteiger partial charge in [-0.2, -0.15) is 0 Å². The van der Waals surface area contributed by atoms with Crippen molar-refractivity contribution in [2.75, 3.05) is 17.6 Å². The molecule has 4 N–H and O–H groups in total. The molecule has 1 aromatic carbocycles. The molecule has 1 amide bonds. The minimum Gasteiger partial charge on any atom is -0.398 e. The van der Waals surface area contributed by atoms with E-state index < -0.39 is 0 Å². The number of amides is 1. The van der Waals surface area contributed by atoms with Crippen LogP contribution in [0.5, 0.6) is 0 Å². The largest absolute Gasteiger partial charge is 0.398 e. The molecule has 21 heavy (non-hydrogen) atoms. The summed E-state index contributed by atoms with van der Waals surface area (Å²) in [4.78, 5) is 16.7. The van der Waals surface area contributed by atoms with E-state index in [1.54, 1.807) is 18.3 Å². The van der Waals surface area contributed by atoms with Gasteiger partial charge in [0.15, 0.2) is 0 Å². The monoisotopic (exact) mass is 305 g/mol. The highest BCUT2D eigenvalue weighted by molar-refractivity contribution is 6.31. The minimum atomic E-state index is -0.301. The Balaban J connectivity index is 1.89. The van der Waals surface area contributed by atoms with Gasteiger partial charge in [-0.05, 0) is 24.6 Å². The van der Waals surface area contributed by atoms with Crippen molar-refractivity contribution in [3.05, 3.63) is 40.2 Å². The molecule has 110 valence electrons. The van der Waals surface area contributed by atoms with E-state index in [0.717, 1.165) is 30.9 Å². The fourth-order valence-electron chi connectivity index (χ4n) is 2.42. The molecule has 6 nitrogen and oxygen atoms in total. The molecule has 1 aliphatic rings. The van der Waals surface area contributed by atoms with Crippen molar-refractivity contribution in [3.63, 3.8) is 0 Å². The maximum absolute atomic E-state index is 12.4. The quantitative estimate of drug-likeness (QED) is 0.738. The Labute approximate surface area is 127 Å². The van der Waals surface area contributed by atoms with Crippen molar-refractivity contribution >= 4 is 29.1 Å². The van der Waals surface area contributed by atoms with Gasteiger partial charge < -0.3 is 15.6 Å². The van der Waals surface area contributed by atoms with Crippen molar-refractivity contribution in [2.45, 2.75) is 20.0 Å². The number of nitrogen functional groups attached to an aromatic ring is 1. The average Bonchev–Trinajstić information content (AvgIpc) is 2.86. The summed E-state index contributed by atoms with van der Waals surface area (Å²) in [6.07, 6.45) is 1.76. The van der Waals surface area contributed by atoms with Crippen LogP contribution in [0.3, 0.4) is 0 Å². The number of carbonyl (C=O) groups excluding carboxylic acids is 1. The number of hydrogen-bond acceptors (Lipinski definition) is 4. The molecule has 0 spiro atoms.